The number of nitrogens with zero attached hydrogens (tertiary/aromatic N) is 2. The number of hydrogen-bond donors (Lipinski definition) is 2. The van der Waals surface area contributed by atoms with Crippen LogP contribution in [0.25, 0.3) is 10.2 Å². The summed E-state index contributed by atoms with van der Waals surface area (Å²) in [7, 11) is 0. The molecule has 0 bridgehead atoms. The molecule has 0 aliphatic carbocycles. The second kappa shape index (κ2) is 5.61. The number of nitrogens with two attached hydrogens (primary N) is 1. The van der Waals surface area contributed by atoms with Gasteiger partial charge in [-0.15, -0.1) is 11.3 Å². The molecule has 0 fully saturated rings. The van der Waals surface area contributed by atoms with Crippen molar-refractivity contribution in [2.24, 2.45) is 0 Å². The number of benzene rings is 1. The SMILES string of the molecule is CCc1cc2c(Nc3cc(C)cc(Br)c3)nc(N)nc2s1. The molecule has 0 aliphatic heterocycles. The lowest BCUT2D eigenvalue weighted by Crippen LogP contribution is -2.00. The van der Waals surface area contributed by atoms with Crippen LogP contribution in [0.2, 0.25) is 0 Å². The molecule has 108 valence electrons. The Balaban J connectivity index is 2.08. The maximum Gasteiger partial charge on any atom is 0.223 e. The van der Waals surface area contributed by atoms with Crippen LogP contribution in [-0.4, -0.2) is 9.97 Å². The lowest BCUT2D eigenvalue weighted by atomic mass is 10.2. The fourth-order valence-corrected chi connectivity index (χ4v) is 3.78. The van der Waals surface area contributed by atoms with Gasteiger partial charge in [0.15, 0.2) is 0 Å². The van der Waals surface area contributed by atoms with Crippen molar-refractivity contribution in [1.29, 1.82) is 0 Å². The molecule has 4 nitrogen and oxygen atoms in total. The van der Waals surface area contributed by atoms with E-state index in [4.69, 9.17) is 5.73 Å². The van der Waals surface area contributed by atoms with Crippen LogP contribution in [0.5, 0.6) is 0 Å². The van der Waals surface area contributed by atoms with Crippen LogP contribution in [-0.2, 0) is 6.42 Å². The highest BCUT2D eigenvalue weighted by atomic mass is 79.9. The van der Waals surface area contributed by atoms with Gasteiger partial charge in [-0.1, -0.05) is 22.9 Å². The predicted molar refractivity (Wildman–Crippen MR) is 93.4 cm³/mol. The van der Waals surface area contributed by atoms with E-state index in [0.717, 1.165) is 32.6 Å². The van der Waals surface area contributed by atoms with Crippen LogP contribution in [0.15, 0.2) is 28.7 Å². The van der Waals surface area contributed by atoms with E-state index in [1.807, 2.05) is 6.07 Å². The average molecular weight is 363 g/mol. The molecule has 0 atom stereocenters. The van der Waals surface area contributed by atoms with E-state index in [-0.39, 0.29) is 0 Å². The minimum absolute atomic E-state index is 0.293. The van der Waals surface area contributed by atoms with E-state index in [1.54, 1.807) is 11.3 Å². The van der Waals surface area contributed by atoms with Gasteiger partial charge in [-0.2, -0.15) is 4.98 Å². The number of thiophene rings is 1. The van der Waals surface area contributed by atoms with Crippen LogP contribution >= 0.6 is 27.3 Å². The Morgan fingerprint density at radius 3 is 2.76 bits per heavy atom. The Labute approximate surface area is 135 Å². The van der Waals surface area contributed by atoms with Gasteiger partial charge < -0.3 is 11.1 Å². The van der Waals surface area contributed by atoms with Crippen molar-refractivity contribution < 1.29 is 0 Å². The molecule has 2 aromatic heterocycles. The van der Waals surface area contributed by atoms with Crippen molar-refractivity contribution in [1.82, 2.24) is 9.97 Å². The second-order valence-corrected chi connectivity index (χ2v) is 6.89. The Bertz CT molecular complexity index is 793. The molecular weight excluding hydrogens is 348 g/mol. The van der Waals surface area contributed by atoms with Gasteiger partial charge in [-0.3, -0.25) is 0 Å². The summed E-state index contributed by atoms with van der Waals surface area (Å²) < 4.78 is 1.03. The highest BCUT2D eigenvalue weighted by Crippen LogP contribution is 2.32. The third-order valence-electron chi connectivity index (χ3n) is 3.11. The number of anilines is 3. The fourth-order valence-electron chi connectivity index (χ4n) is 2.20. The molecule has 0 radical (unpaired) electrons. The number of fused-ring (bicyclic) bond motifs is 1. The van der Waals surface area contributed by atoms with Gasteiger partial charge >= 0.3 is 0 Å². The summed E-state index contributed by atoms with van der Waals surface area (Å²) in [6.45, 7) is 4.19. The van der Waals surface area contributed by atoms with Crippen molar-refractivity contribution in [2.45, 2.75) is 20.3 Å². The summed E-state index contributed by atoms with van der Waals surface area (Å²) in [6.07, 6.45) is 0.983. The first kappa shape index (κ1) is 14.3. The van der Waals surface area contributed by atoms with E-state index in [0.29, 0.717) is 5.95 Å². The van der Waals surface area contributed by atoms with Gasteiger partial charge in [0.25, 0.3) is 0 Å². The third-order valence-corrected chi connectivity index (χ3v) is 4.75. The largest absolute Gasteiger partial charge is 0.368 e. The molecule has 3 N–H and O–H groups in total. The van der Waals surface area contributed by atoms with Crippen molar-refractivity contribution in [3.63, 3.8) is 0 Å². The first-order valence-corrected chi connectivity index (χ1v) is 8.26. The average Bonchev–Trinajstić information content (AvgIpc) is 2.80. The number of aromatic nitrogens is 2. The Kier molecular flexibility index (Phi) is 3.82. The zero-order valence-electron chi connectivity index (χ0n) is 11.8. The number of nitrogens with one attached hydrogen (secondary N) is 1. The number of nitrogen functional groups attached to an aromatic ring is 1. The fraction of sp³-hybridized carbons (Fsp3) is 0.200. The summed E-state index contributed by atoms with van der Waals surface area (Å²) in [5, 5.41) is 4.37. The molecule has 0 spiro atoms. The quantitative estimate of drug-likeness (QED) is 0.711. The van der Waals surface area contributed by atoms with E-state index in [9.17, 15) is 0 Å². The maximum absolute atomic E-state index is 5.82. The van der Waals surface area contributed by atoms with Gasteiger partial charge in [0.05, 0.1) is 5.39 Å². The number of rotatable bonds is 3. The van der Waals surface area contributed by atoms with Crippen molar-refractivity contribution in [3.05, 3.63) is 39.2 Å². The molecule has 1 aromatic carbocycles. The lowest BCUT2D eigenvalue weighted by Gasteiger charge is -2.09. The molecule has 0 saturated heterocycles. The maximum atomic E-state index is 5.82. The van der Waals surface area contributed by atoms with Crippen LogP contribution in [0.3, 0.4) is 0 Å². The summed E-state index contributed by atoms with van der Waals surface area (Å²) in [5.74, 6) is 1.05. The molecule has 0 saturated carbocycles. The van der Waals surface area contributed by atoms with Gasteiger partial charge in [0, 0.05) is 15.0 Å². The van der Waals surface area contributed by atoms with Gasteiger partial charge in [-0.05, 0) is 43.2 Å². The Morgan fingerprint density at radius 1 is 1.24 bits per heavy atom. The van der Waals surface area contributed by atoms with Crippen LogP contribution in [0.4, 0.5) is 17.5 Å². The van der Waals surface area contributed by atoms with Gasteiger partial charge in [0.1, 0.15) is 10.6 Å². The van der Waals surface area contributed by atoms with Crippen LogP contribution < -0.4 is 11.1 Å². The molecule has 6 heteroatoms. The predicted octanol–water partition coefficient (Wildman–Crippen LogP) is 4.65. The van der Waals surface area contributed by atoms with Gasteiger partial charge in [0.2, 0.25) is 5.95 Å². The van der Waals surface area contributed by atoms with Crippen LogP contribution in [0, 0.1) is 6.92 Å². The van der Waals surface area contributed by atoms with Crippen LogP contribution in [0.1, 0.15) is 17.4 Å². The third kappa shape index (κ3) is 3.01. The summed E-state index contributed by atoms with van der Waals surface area (Å²) in [5.41, 5.74) is 7.97. The molecular formula is C15H15BrN4S. The van der Waals surface area contributed by atoms with Gasteiger partial charge in [-0.25, -0.2) is 4.98 Å². The van der Waals surface area contributed by atoms with E-state index < -0.39 is 0 Å². The standard InChI is InChI=1S/C15H15BrN4S/c1-3-11-7-12-13(19-15(17)20-14(12)21-11)18-10-5-8(2)4-9(16)6-10/h4-7H,3H2,1-2H3,(H3,17,18,19,20). The zero-order valence-corrected chi connectivity index (χ0v) is 14.2. The molecule has 0 unspecified atom stereocenters. The first-order chi connectivity index (χ1) is 10.0. The minimum Gasteiger partial charge on any atom is -0.368 e. The number of aryl methyl sites for hydroxylation is 2. The summed E-state index contributed by atoms with van der Waals surface area (Å²) in [6, 6.07) is 8.29. The molecule has 3 aromatic rings. The molecule has 2 heterocycles. The smallest absolute Gasteiger partial charge is 0.223 e. The lowest BCUT2D eigenvalue weighted by molar-refractivity contribution is 1.19. The van der Waals surface area contributed by atoms with Crippen molar-refractivity contribution >= 4 is 54.9 Å². The number of halogens is 1. The molecule has 0 amide bonds. The second-order valence-electron chi connectivity index (χ2n) is 4.86. The molecule has 21 heavy (non-hydrogen) atoms. The van der Waals surface area contributed by atoms with E-state index in [1.165, 1.54) is 10.4 Å². The topological polar surface area (TPSA) is 63.8 Å². The van der Waals surface area contributed by atoms with Crippen molar-refractivity contribution in [3.8, 4) is 0 Å². The zero-order chi connectivity index (χ0) is 15.0. The van der Waals surface area contributed by atoms with Crippen molar-refractivity contribution in [2.75, 3.05) is 11.1 Å². The Hall–Kier alpha value is -1.66. The minimum atomic E-state index is 0.293. The summed E-state index contributed by atoms with van der Waals surface area (Å²) in [4.78, 5) is 10.9. The van der Waals surface area contributed by atoms with E-state index in [2.05, 4.69) is 63.3 Å². The normalized spacial score (nSPS) is 11.0. The molecule has 3 rings (SSSR count). The highest BCUT2D eigenvalue weighted by molar-refractivity contribution is 9.10. The molecule has 0 aliphatic rings. The summed E-state index contributed by atoms with van der Waals surface area (Å²) >= 11 is 5.17. The highest BCUT2D eigenvalue weighted by Gasteiger charge is 2.10. The Morgan fingerprint density at radius 2 is 2.05 bits per heavy atom. The van der Waals surface area contributed by atoms with E-state index >= 15 is 0 Å². The first-order valence-electron chi connectivity index (χ1n) is 6.65. The monoisotopic (exact) mass is 362 g/mol. The number of hydrogen-bond acceptors (Lipinski definition) is 5.